The third-order valence-electron chi connectivity index (χ3n) is 3.32. The molecule has 3 unspecified atom stereocenters. The molecule has 244 valence electrons. The van der Waals surface area contributed by atoms with Gasteiger partial charge in [-0.15, -0.1) is 0 Å². The van der Waals surface area contributed by atoms with Crippen molar-refractivity contribution in [3.05, 3.63) is 0 Å². The van der Waals surface area contributed by atoms with Crippen molar-refractivity contribution in [3.8, 4) is 0 Å². The number of aliphatic hydroxyl groups is 5. The molecule has 0 aliphatic rings. The van der Waals surface area contributed by atoms with E-state index in [4.69, 9.17) is 25.5 Å². The maximum absolute atomic E-state index is 9.76. The zero-order chi connectivity index (χ0) is 32.0. The van der Waals surface area contributed by atoms with Gasteiger partial charge in [0.05, 0.1) is 24.5 Å². The van der Waals surface area contributed by atoms with Gasteiger partial charge in [0.15, 0.2) is 0 Å². The van der Waals surface area contributed by atoms with Crippen molar-refractivity contribution in [2.45, 2.75) is 59.4 Å². The predicted octanol–water partition coefficient (Wildman–Crippen LogP) is -11.1. The van der Waals surface area contributed by atoms with E-state index < -0.39 is 102 Å². The van der Waals surface area contributed by atoms with Crippen LogP contribution in [0.25, 0.3) is 0 Å². The first kappa shape index (κ1) is 52.9. The molecule has 0 spiro atoms. The average molecular weight is 1030 g/mol. The third kappa shape index (κ3) is 35.3. The van der Waals surface area contributed by atoms with Crippen LogP contribution in [0.4, 0.5) is 0 Å². The number of carbonyl (C=O) groups is 6. The van der Waals surface area contributed by atoms with Crippen LogP contribution >= 0.6 is 50.1 Å². The van der Waals surface area contributed by atoms with Gasteiger partial charge >= 0.3 is 44.8 Å². The summed E-state index contributed by atoms with van der Waals surface area (Å²) in [7, 11) is 0. The molecule has 0 aliphatic carbocycles. The molecule has 0 aliphatic heterocycles. The Bertz CT molecular complexity index is 731. The zero-order valence-electron chi connectivity index (χ0n) is 19.9. The summed E-state index contributed by atoms with van der Waals surface area (Å²) in [6.07, 6.45) is -7.92. The number of thiocarbonyl (C=S) groups is 1. The van der Waals surface area contributed by atoms with Crippen LogP contribution in [-0.4, -0.2) is 113 Å². The first-order valence-corrected chi connectivity index (χ1v) is 11.7. The second-order valence-corrected chi connectivity index (χ2v) is 8.73. The van der Waals surface area contributed by atoms with Crippen LogP contribution in [0.1, 0.15) is 19.3 Å². The van der Waals surface area contributed by atoms with Crippen LogP contribution in [0.2, 0.25) is 0 Å². The van der Waals surface area contributed by atoms with Gasteiger partial charge in [-0.2, -0.15) is 37.9 Å². The Morgan fingerprint density at radius 2 is 0.854 bits per heavy atom. The average Bonchev–Trinajstić information content (AvgIpc) is 2.81. The first-order chi connectivity index (χ1) is 17.6. The fraction of sp³-hybridized carbons (Fsp3) is 0.611. The summed E-state index contributed by atoms with van der Waals surface area (Å²) in [4.78, 5) is 58.3. The minimum absolute atomic E-state index is 0. The molecule has 0 saturated heterocycles. The minimum Gasteiger partial charge on any atom is -0.550 e. The fourth-order valence-electron chi connectivity index (χ4n) is 1.34. The fourth-order valence-corrected chi connectivity index (χ4v) is 1.95. The number of hydrogen-bond acceptors (Lipinski definition) is 21. The number of hydrogen-bond donors (Lipinski definition) is 8. The monoisotopic (exact) mass is 1030 g/mol. The molecular weight excluding hydrogens is 1010 g/mol. The molecule has 23 heteroatoms. The maximum Gasteiger partial charge on any atom is 3.00 e. The number of aliphatic hydroxyl groups excluding tert-OH is 5. The van der Waals surface area contributed by atoms with E-state index in [1.54, 1.807) is 0 Å². The van der Waals surface area contributed by atoms with E-state index in [0.717, 1.165) is 5.37 Å². The van der Waals surface area contributed by atoms with Crippen LogP contribution in [-0.2, 0) is 73.5 Å². The quantitative estimate of drug-likeness (QED) is 0.0455. The normalized spacial score (nSPS) is 14.4. The van der Waals surface area contributed by atoms with E-state index in [9.17, 15) is 59.4 Å². The molecule has 0 aromatic carbocycles. The smallest absolute Gasteiger partial charge is 0.550 e. The minimum atomic E-state index is -1.61. The molecule has 0 amide bonds. The van der Waals surface area contributed by atoms with Gasteiger partial charge in [-0.3, -0.25) is 0 Å². The Morgan fingerprint density at radius 3 is 0.976 bits per heavy atom. The Balaban J connectivity index is -0.0000000988. The standard InChI is InChI=1S/C6H12O5S.3C4H6O4S.2Au/c7-1-3(8)5(10)6(11)4(9)2-12;3*5-3(6)1-2(9)4(7)8;;/h2-11H,1H2;3*2,9H,1H2,(H,5,6)(H,7,8);;/q;;;;2*+3/p-6/t3-,4+,5-,6-;;;;;/m1...../s1. The molecule has 7 atom stereocenters. The van der Waals surface area contributed by atoms with Crippen molar-refractivity contribution in [3.63, 3.8) is 0 Å². The van der Waals surface area contributed by atoms with Gasteiger partial charge in [0, 0.05) is 58.3 Å². The van der Waals surface area contributed by atoms with E-state index >= 15 is 0 Å². The van der Waals surface area contributed by atoms with Crippen LogP contribution in [0, 0.1) is 0 Å². The van der Waals surface area contributed by atoms with Gasteiger partial charge in [0.2, 0.25) is 0 Å². The molecule has 0 saturated carbocycles. The van der Waals surface area contributed by atoms with E-state index in [1.807, 2.05) is 0 Å². The molecule has 41 heavy (non-hydrogen) atoms. The number of carbonyl (C=O) groups excluding carboxylic acids is 6. The second kappa shape index (κ2) is 30.7. The molecule has 0 radical (unpaired) electrons. The Hall–Kier alpha value is -0.759. The SMILES string of the molecule is O=C([O-])CC(S)C(=O)[O-].O=C([O-])CC(S)C(=O)[O-].O=C([O-])CC(S)C(=O)[O-].OC[C@@H](O)[C@@H](O)[C@H](O)[C@@H](O)C=S.[Au+3].[Au+3]. The Labute approximate surface area is 285 Å². The van der Waals surface area contributed by atoms with Crippen LogP contribution < -0.4 is 30.6 Å². The van der Waals surface area contributed by atoms with E-state index in [2.05, 4.69) is 50.1 Å². The Kier molecular flexibility index (Phi) is 39.6. The van der Waals surface area contributed by atoms with E-state index in [0.29, 0.717) is 0 Å². The first-order valence-electron chi connectivity index (χ1n) is 9.70. The van der Waals surface area contributed by atoms with Crippen molar-refractivity contribution in [1.29, 1.82) is 0 Å². The number of aliphatic carboxylic acids is 6. The van der Waals surface area contributed by atoms with Crippen molar-refractivity contribution in [2.24, 2.45) is 0 Å². The second-order valence-electron chi connectivity index (χ2n) is 6.59. The summed E-state index contributed by atoms with van der Waals surface area (Å²) >= 11 is 14.4. The van der Waals surface area contributed by atoms with Crippen molar-refractivity contribution in [2.75, 3.05) is 6.61 Å². The number of thiol groups is 3. The molecule has 0 rings (SSSR count). The van der Waals surface area contributed by atoms with E-state index in [1.165, 1.54) is 0 Å². The van der Waals surface area contributed by atoms with E-state index in [-0.39, 0.29) is 44.8 Å². The summed E-state index contributed by atoms with van der Waals surface area (Å²) in [5.41, 5.74) is 0. The van der Waals surface area contributed by atoms with Crippen LogP contribution in [0.5, 0.6) is 0 Å². The molecule has 0 fully saturated rings. The van der Waals surface area contributed by atoms with Gasteiger partial charge in [-0.1, -0.05) is 12.2 Å². The summed E-state index contributed by atoms with van der Waals surface area (Å²) < 4.78 is 0. The zero-order valence-corrected chi connectivity index (χ0v) is 27.8. The number of carboxylic acids is 6. The van der Waals surface area contributed by atoms with Gasteiger partial charge < -0.3 is 84.9 Å². The Morgan fingerprint density at radius 1 is 0.610 bits per heavy atom. The van der Waals surface area contributed by atoms with Gasteiger partial charge in [-0.05, 0) is 0 Å². The topological polar surface area (TPSA) is 342 Å². The van der Waals surface area contributed by atoms with Crippen LogP contribution in [0.3, 0.4) is 0 Å². The predicted molar refractivity (Wildman–Crippen MR) is 127 cm³/mol. The third-order valence-corrected chi connectivity index (χ3v) is 4.78. The van der Waals surface area contributed by atoms with Crippen molar-refractivity contribution < 1.29 is 130 Å². The molecule has 0 aromatic rings. The largest absolute Gasteiger partial charge is 3.00 e. The van der Waals surface area contributed by atoms with Gasteiger partial charge in [-0.25, -0.2) is 0 Å². The van der Waals surface area contributed by atoms with Gasteiger partial charge in [0.25, 0.3) is 0 Å². The summed E-state index contributed by atoms with van der Waals surface area (Å²) in [5, 5.41) is 99.4. The maximum atomic E-state index is 9.76. The summed E-state index contributed by atoms with van der Waals surface area (Å²) in [5.74, 6) is -8.83. The number of carboxylic acid groups (broad SMARTS) is 6. The summed E-state index contributed by atoms with van der Waals surface area (Å²) in [6.45, 7) is -0.692. The van der Waals surface area contributed by atoms with Crippen LogP contribution in [0.15, 0.2) is 0 Å². The molecular formula is C18H24Au2O17S4. The molecule has 0 heterocycles. The van der Waals surface area contributed by atoms with Crippen molar-refractivity contribution in [1.82, 2.24) is 0 Å². The van der Waals surface area contributed by atoms with Crippen molar-refractivity contribution >= 4 is 91.3 Å². The van der Waals surface area contributed by atoms with Gasteiger partial charge in [0.1, 0.15) is 24.4 Å². The summed E-state index contributed by atoms with van der Waals surface area (Å²) in [6, 6.07) is 0. The number of rotatable bonds is 14. The molecule has 17 nitrogen and oxygen atoms in total. The molecule has 0 bridgehead atoms. The molecule has 5 N–H and O–H groups in total. The molecule has 0 aromatic heterocycles.